The lowest BCUT2D eigenvalue weighted by Gasteiger charge is -2.42. The van der Waals surface area contributed by atoms with Gasteiger partial charge in [-0.2, -0.15) is 0 Å². The molecule has 2 aliphatic carbocycles. The molecule has 1 atom stereocenters. The van der Waals surface area contributed by atoms with Crippen molar-refractivity contribution in [1.82, 2.24) is 5.32 Å². The maximum atomic E-state index is 5.73. The Morgan fingerprint density at radius 2 is 2.00 bits per heavy atom. The van der Waals surface area contributed by atoms with E-state index in [1.54, 1.807) is 0 Å². The summed E-state index contributed by atoms with van der Waals surface area (Å²) in [5.41, 5.74) is 3.39. The summed E-state index contributed by atoms with van der Waals surface area (Å²) in [5.74, 6) is 0. The molecule has 0 amide bonds. The van der Waals surface area contributed by atoms with Gasteiger partial charge in [0.05, 0.1) is 5.60 Å². The molecule has 1 unspecified atom stereocenters. The number of methoxy groups -OCH3 is 1. The Kier molecular flexibility index (Phi) is 3.18. The van der Waals surface area contributed by atoms with Crippen LogP contribution in [0.2, 0.25) is 0 Å². The molecule has 0 heterocycles. The summed E-state index contributed by atoms with van der Waals surface area (Å²) in [5, 5.41) is 3.80. The molecule has 2 nitrogen and oxygen atoms in total. The second kappa shape index (κ2) is 4.60. The Balaban J connectivity index is 1.76. The molecule has 2 aliphatic rings. The summed E-state index contributed by atoms with van der Waals surface area (Å²) in [7, 11) is 1.86. The number of hydrogen-bond donors (Lipinski definition) is 1. The summed E-state index contributed by atoms with van der Waals surface area (Å²) < 4.78 is 5.73. The van der Waals surface area contributed by atoms with E-state index in [4.69, 9.17) is 4.74 Å². The smallest absolute Gasteiger partial charge is 0.0802 e. The van der Waals surface area contributed by atoms with E-state index in [-0.39, 0.29) is 5.60 Å². The fraction of sp³-hybridized carbons (Fsp3) is 0.647. The van der Waals surface area contributed by atoms with Gasteiger partial charge >= 0.3 is 0 Å². The standard InChI is InChI=1S/C17H25NO/c1-16(2)11-13-7-4-5-8-14(13)15(16)18-12-17(19-3)9-6-10-17/h4-5,7-8,15,18H,6,9-12H2,1-3H3. The molecule has 0 aromatic heterocycles. The molecule has 0 aliphatic heterocycles. The highest BCUT2D eigenvalue weighted by Gasteiger charge is 2.42. The van der Waals surface area contributed by atoms with Crippen molar-refractivity contribution in [2.75, 3.05) is 13.7 Å². The molecule has 0 saturated heterocycles. The van der Waals surface area contributed by atoms with E-state index in [1.165, 1.54) is 36.8 Å². The first-order valence-corrected chi connectivity index (χ1v) is 7.43. The van der Waals surface area contributed by atoms with Crippen LogP contribution >= 0.6 is 0 Å². The number of fused-ring (bicyclic) bond motifs is 1. The van der Waals surface area contributed by atoms with Crippen LogP contribution in [0.1, 0.15) is 50.3 Å². The third kappa shape index (κ3) is 2.21. The van der Waals surface area contributed by atoms with Crippen LogP contribution in [0.5, 0.6) is 0 Å². The first-order chi connectivity index (χ1) is 9.06. The lowest BCUT2D eigenvalue weighted by molar-refractivity contribution is -0.0726. The van der Waals surface area contributed by atoms with Gasteiger partial charge in [-0.25, -0.2) is 0 Å². The summed E-state index contributed by atoms with van der Waals surface area (Å²) in [6.07, 6.45) is 4.87. The molecular weight excluding hydrogens is 234 g/mol. The molecule has 104 valence electrons. The fourth-order valence-electron chi connectivity index (χ4n) is 3.69. The normalized spacial score (nSPS) is 26.8. The van der Waals surface area contributed by atoms with Gasteiger partial charge in [0, 0.05) is 19.7 Å². The van der Waals surface area contributed by atoms with Crippen molar-refractivity contribution in [3.8, 4) is 0 Å². The largest absolute Gasteiger partial charge is 0.377 e. The Labute approximate surface area is 116 Å². The minimum atomic E-state index is 0.105. The molecule has 1 fully saturated rings. The van der Waals surface area contributed by atoms with Crippen LogP contribution in [0.15, 0.2) is 24.3 Å². The predicted molar refractivity (Wildman–Crippen MR) is 78.3 cm³/mol. The van der Waals surface area contributed by atoms with Gasteiger partial charge < -0.3 is 10.1 Å². The van der Waals surface area contributed by atoms with Crippen LogP contribution in [-0.4, -0.2) is 19.3 Å². The third-order valence-corrected chi connectivity index (χ3v) is 5.12. The molecule has 2 heteroatoms. The molecule has 1 N–H and O–H groups in total. The van der Waals surface area contributed by atoms with Gasteiger partial charge in [0.25, 0.3) is 0 Å². The average Bonchev–Trinajstić information content (AvgIpc) is 2.59. The minimum Gasteiger partial charge on any atom is -0.377 e. The van der Waals surface area contributed by atoms with Crippen LogP contribution in [0, 0.1) is 5.41 Å². The van der Waals surface area contributed by atoms with Crippen molar-refractivity contribution in [3.05, 3.63) is 35.4 Å². The Morgan fingerprint density at radius 1 is 1.26 bits per heavy atom. The number of hydrogen-bond acceptors (Lipinski definition) is 2. The highest BCUT2D eigenvalue weighted by atomic mass is 16.5. The molecule has 0 spiro atoms. The summed E-state index contributed by atoms with van der Waals surface area (Å²) in [4.78, 5) is 0. The molecule has 19 heavy (non-hydrogen) atoms. The molecule has 1 aromatic carbocycles. The topological polar surface area (TPSA) is 21.3 Å². The lowest BCUT2D eigenvalue weighted by atomic mass is 9.78. The summed E-state index contributed by atoms with van der Waals surface area (Å²) in [6.45, 7) is 5.71. The van der Waals surface area contributed by atoms with Crippen LogP contribution in [-0.2, 0) is 11.2 Å². The van der Waals surface area contributed by atoms with Crippen molar-refractivity contribution >= 4 is 0 Å². The predicted octanol–water partition coefficient (Wildman–Crippen LogP) is 3.47. The van der Waals surface area contributed by atoms with E-state index in [9.17, 15) is 0 Å². The first-order valence-electron chi connectivity index (χ1n) is 7.43. The zero-order chi connectivity index (χ0) is 13.5. The van der Waals surface area contributed by atoms with E-state index in [0.29, 0.717) is 11.5 Å². The van der Waals surface area contributed by atoms with Gasteiger partial charge in [-0.1, -0.05) is 38.1 Å². The Bertz CT molecular complexity index is 457. The van der Waals surface area contributed by atoms with Gasteiger partial charge in [-0.3, -0.25) is 0 Å². The number of benzene rings is 1. The van der Waals surface area contributed by atoms with Crippen molar-refractivity contribution in [2.45, 2.75) is 51.2 Å². The third-order valence-electron chi connectivity index (χ3n) is 5.12. The summed E-state index contributed by atoms with van der Waals surface area (Å²) in [6, 6.07) is 9.32. The molecule has 0 radical (unpaired) electrons. The first kappa shape index (κ1) is 13.1. The molecule has 1 saturated carbocycles. The maximum Gasteiger partial charge on any atom is 0.0802 e. The lowest BCUT2D eigenvalue weighted by Crippen LogP contribution is -2.49. The van der Waals surface area contributed by atoms with Crippen LogP contribution in [0.3, 0.4) is 0 Å². The molecular formula is C17H25NO. The number of nitrogens with one attached hydrogen (secondary N) is 1. The molecule has 1 aromatic rings. The number of rotatable bonds is 4. The monoisotopic (exact) mass is 259 g/mol. The van der Waals surface area contributed by atoms with Crippen molar-refractivity contribution in [3.63, 3.8) is 0 Å². The van der Waals surface area contributed by atoms with E-state index < -0.39 is 0 Å². The Hall–Kier alpha value is -0.860. The molecule has 0 bridgehead atoms. The van der Waals surface area contributed by atoms with Crippen LogP contribution in [0.25, 0.3) is 0 Å². The zero-order valence-corrected chi connectivity index (χ0v) is 12.3. The van der Waals surface area contributed by atoms with Crippen LogP contribution < -0.4 is 5.32 Å². The second-order valence-electron chi connectivity index (χ2n) is 6.92. The van der Waals surface area contributed by atoms with Gasteiger partial charge in [0.15, 0.2) is 0 Å². The van der Waals surface area contributed by atoms with E-state index in [1.807, 2.05) is 7.11 Å². The van der Waals surface area contributed by atoms with Crippen molar-refractivity contribution in [2.24, 2.45) is 5.41 Å². The van der Waals surface area contributed by atoms with Gasteiger partial charge in [-0.15, -0.1) is 0 Å². The average molecular weight is 259 g/mol. The Morgan fingerprint density at radius 3 is 2.63 bits per heavy atom. The van der Waals surface area contributed by atoms with Crippen LogP contribution in [0.4, 0.5) is 0 Å². The quantitative estimate of drug-likeness (QED) is 0.894. The van der Waals surface area contributed by atoms with Crippen molar-refractivity contribution in [1.29, 1.82) is 0 Å². The fourth-order valence-corrected chi connectivity index (χ4v) is 3.69. The van der Waals surface area contributed by atoms with E-state index >= 15 is 0 Å². The van der Waals surface area contributed by atoms with Crippen molar-refractivity contribution < 1.29 is 4.74 Å². The summed E-state index contributed by atoms with van der Waals surface area (Å²) >= 11 is 0. The minimum absolute atomic E-state index is 0.105. The second-order valence-corrected chi connectivity index (χ2v) is 6.92. The van der Waals surface area contributed by atoms with E-state index in [0.717, 1.165) is 6.54 Å². The highest BCUT2D eigenvalue weighted by Crippen LogP contribution is 2.45. The highest BCUT2D eigenvalue weighted by molar-refractivity contribution is 5.37. The van der Waals surface area contributed by atoms with E-state index in [2.05, 4.69) is 43.4 Å². The van der Waals surface area contributed by atoms with Gasteiger partial charge in [0.1, 0.15) is 0 Å². The SMILES string of the molecule is COC1(CNC2c3ccccc3CC2(C)C)CCC1. The maximum absolute atomic E-state index is 5.73. The molecule has 3 rings (SSSR count). The van der Waals surface area contributed by atoms with Gasteiger partial charge in [0.2, 0.25) is 0 Å². The van der Waals surface area contributed by atoms with Gasteiger partial charge in [-0.05, 0) is 42.2 Å². The zero-order valence-electron chi connectivity index (χ0n) is 12.3. The number of ether oxygens (including phenoxy) is 1.